The molecule has 0 bridgehead atoms. The molecule has 118 valence electrons. The zero-order valence-corrected chi connectivity index (χ0v) is 13.7. The molecule has 0 aliphatic carbocycles. The summed E-state index contributed by atoms with van der Waals surface area (Å²) in [4.78, 5) is 11.7. The first kappa shape index (κ1) is 17.5. The third-order valence-corrected chi connectivity index (χ3v) is 3.80. The number of hydrogen-bond acceptors (Lipinski definition) is 4. The van der Waals surface area contributed by atoms with Crippen molar-refractivity contribution in [2.75, 3.05) is 13.2 Å². The van der Waals surface area contributed by atoms with Gasteiger partial charge in [0, 0.05) is 0 Å². The van der Waals surface area contributed by atoms with E-state index in [1.54, 1.807) is 13.8 Å². The van der Waals surface area contributed by atoms with Crippen molar-refractivity contribution in [1.29, 1.82) is 0 Å². The summed E-state index contributed by atoms with van der Waals surface area (Å²) in [5.74, 6) is 0.250. The van der Waals surface area contributed by atoms with Crippen LogP contribution in [-0.4, -0.2) is 24.7 Å². The van der Waals surface area contributed by atoms with Gasteiger partial charge in [0.2, 0.25) is 0 Å². The summed E-state index contributed by atoms with van der Waals surface area (Å²) in [6.45, 7) is 10.3. The first-order chi connectivity index (χ1) is 9.73. The Morgan fingerprint density at radius 3 is 2.19 bits per heavy atom. The number of benzene rings is 1. The molecule has 4 heteroatoms. The van der Waals surface area contributed by atoms with E-state index in [1.165, 1.54) is 5.56 Å². The number of esters is 1. The maximum Gasteiger partial charge on any atom is 0.329 e. The second kappa shape index (κ2) is 6.94. The molecule has 21 heavy (non-hydrogen) atoms. The van der Waals surface area contributed by atoms with E-state index in [0.29, 0.717) is 12.4 Å². The number of rotatable bonds is 7. The molecule has 1 unspecified atom stereocenters. The van der Waals surface area contributed by atoms with Crippen LogP contribution >= 0.6 is 0 Å². The van der Waals surface area contributed by atoms with E-state index in [2.05, 4.69) is 32.9 Å². The SMILES string of the molecule is CCOC(=O)C(C)(N)COc1ccc(C(C)(C)CC)cc1. The number of nitrogens with two attached hydrogens (primary N) is 1. The summed E-state index contributed by atoms with van der Waals surface area (Å²) in [7, 11) is 0. The molecule has 0 radical (unpaired) electrons. The summed E-state index contributed by atoms with van der Waals surface area (Å²) in [6, 6.07) is 7.93. The Balaban J connectivity index is 2.67. The highest BCUT2D eigenvalue weighted by molar-refractivity contribution is 5.80. The van der Waals surface area contributed by atoms with Gasteiger partial charge in [0.25, 0.3) is 0 Å². The molecule has 0 fully saturated rings. The molecule has 1 atom stereocenters. The van der Waals surface area contributed by atoms with Crippen molar-refractivity contribution in [2.24, 2.45) is 5.73 Å². The van der Waals surface area contributed by atoms with Gasteiger partial charge in [-0.1, -0.05) is 32.9 Å². The van der Waals surface area contributed by atoms with Crippen LogP contribution in [-0.2, 0) is 14.9 Å². The summed E-state index contributed by atoms with van der Waals surface area (Å²) in [6.07, 6.45) is 1.07. The minimum Gasteiger partial charge on any atom is -0.491 e. The molecule has 0 saturated carbocycles. The fraction of sp³-hybridized carbons (Fsp3) is 0.588. The third-order valence-electron chi connectivity index (χ3n) is 3.80. The van der Waals surface area contributed by atoms with Crippen LogP contribution in [0.25, 0.3) is 0 Å². The lowest BCUT2D eigenvalue weighted by Crippen LogP contribution is -2.51. The van der Waals surface area contributed by atoms with Gasteiger partial charge in [0.05, 0.1) is 6.61 Å². The summed E-state index contributed by atoms with van der Waals surface area (Å²) in [5.41, 5.74) is 6.18. The van der Waals surface area contributed by atoms with Crippen molar-refractivity contribution >= 4 is 5.97 Å². The Bertz CT molecular complexity index is 463. The molecule has 0 aliphatic rings. The lowest BCUT2D eigenvalue weighted by Gasteiger charge is -2.24. The Morgan fingerprint density at radius 1 is 1.14 bits per heavy atom. The molecule has 0 heterocycles. The van der Waals surface area contributed by atoms with Gasteiger partial charge in [-0.15, -0.1) is 0 Å². The van der Waals surface area contributed by atoms with Crippen LogP contribution in [0.15, 0.2) is 24.3 Å². The topological polar surface area (TPSA) is 61.5 Å². The van der Waals surface area contributed by atoms with Gasteiger partial charge < -0.3 is 15.2 Å². The zero-order valence-electron chi connectivity index (χ0n) is 13.7. The van der Waals surface area contributed by atoms with E-state index < -0.39 is 11.5 Å². The van der Waals surface area contributed by atoms with Crippen molar-refractivity contribution in [3.8, 4) is 5.75 Å². The maximum atomic E-state index is 11.7. The number of ether oxygens (including phenoxy) is 2. The van der Waals surface area contributed by atoms with Crippen molar-refractivity contribution in [3.63, 3.8) is 0 Å². The minimum atomic E-state index is -1.14. The van der Waals surface area contributed by atoms with Crippen molar-refractivity contribution < 1.29 is 14.3 Å². The van der Waals surface area contributed by atoms with Crippen LogP contribution in [0.4, 0.5) is 0 Å². The molecule has 1 aromatic rings. The number of carbonyl (C=O) groups is 1. The lowest BCUT2D eigenvalue weighted by atomic mass is 9.82. The van der Waals surface area contributed by atoms with E-state index in [4.69, 9.17) is 15.2 Å². The van der Waals surface area contributed by atoms with Gasteiger partial charge in [0.15, 0.2) is 0 Å². The first-order valence-electron chi connectivity index (χ1n) is 7.42. The molecule has 1 rings (SSSR count). The predicted molar refractivity (Wildman–Crippen MR) is 84.5 cm³/mol. The lowest BCUT2D eigenvalue weighted by molar-refractivity contribution is -0.150. The minimum absolute atomic E-state index is 0.0857. The Morgan fingerprint density at radius 2 is 1.71 bits per heavy atom. The Labute approximate surface area is 127 Å². The van der Waals surface area contributed by atoms with Crippen molar-refractivity contribution in [2.45, 2.75) is 52.0 Å². The van der Waals surface area contributed by atoms with Gasteiger partial charge in [-0.05, 0) is 43.4 Å². The Kier molecular flexibility index (Phi) is 5.78. The summed E-state index contributed by atoms with van der Waals surface area (Å²) < 4.78 is 10.5. The van der Waals surface area contributed by atoms with E-state index in [9.17, 15) is 4.79 Å². The highest BCUT2D eigenvalue weighted by atomic mass is 16.5. The van der Waals surface area contributed by atoms with Crippen LogP contribution < -0.4 is 10.5 Å². The van der Waals surface area contributed by atoms with Crippen LogP contribution in [0.1, 0.15) is 46.6 Å². The highest BCUT2D eigenvalue weighted by Gasteiger charge is 2.31. The van der Waals surface area contributed by atoms with Crippen LogP contribution in [0.3, 0.4) is 0 Å². The fourth-order valence-electron chi connectivity index (χ4n) is 1.79. The second-order valence-electron chi connectivity index (χ2n) is 6.19. The first-order valence-corrected chi connectivity index (χ1v) is 7.42. The molecule has 0 aliphatic heterocycles. The molecule has 2 N–H and O–H groups in total. The van der Waals surface area contributed by atoms with E-state index in [-0.39, 0.29) is 12.0 Å². The van der Waals surface area contributed by atoms with Gasteiger partial charge >= 0.3 is 5.97 Å². The molecule has 0 spiro atoms. The largest absolute Gasteiger partial charge is 0.491 e. The number of hydrogen-bond donors (Lipinski definition) is 1. The quantitative estimate of drug-likeness (QED) is 0.785. The van der Waals surface area contributed by atoms with Crippen LogP contribution in [0.5, 0.6) is 5.75 Å². The van der Waals surface area contributed by atoms with Gasteiger partial charge in [-0.3, -0.25) is 0 Å². The second-order valence-corrected chi connectivity index (χ2v) is 6.19. The molecule has 4 nitrogen and oxygen atoms in total. The predicted octanol–water partition coefficient (Wildman–Crippen LogP) is 3.03. The third kappa shape index (κ3) is 4.74. The van der Waals surface area contributed by atoms with Crippen molar-refractivity contribution in [3.05, 3.63) is 29.8 Å². The molecular weight excluding hydrogens is 266 g/mol. The zero-order chi connectivity index (χ0) is 16.1. The van der Waals surface area contributed by atoms with E-state index in [0.717, 1.165) is 6.42 Å². The van der Waals surface area contributed by atoms with Crippen LogP contribution in [0, 0.1) is 0 Å². The van der Waals surface area contributed by atoms with Gasteiger partial charge in [-0.2, -0.15) is 0 Å². The van der Waals surface area contributed by atoms with Crippen molar-refractivity contribution in [1.82, 2.24) is 0 Å². The Hall–Kier alpha value is -1.55. The van der Waals surface area contributed by atoms with Gasteiger partial charge in [-0.25, -0.2) is 4.79 Å². The maximum absolute atomic E-state index is 11.7. The number of carbonyl (C=O) groups excluding carboxylic acids is 1. The fourth-order valence-corrected chi connectivity index (χ4v) is 1.79. The molecule has 0 amide bonds. The summed E-state index contributed by atoms with van der Waals surface area (Å²) >= 11 is 0. The van der Waals surface area contributed by atoms with Crippen LogP contribution in [0.2, 0.25) is 0 Å². The average Bonchev–Trinajstić information content (AvgIpc) is 2.46. The van der Waals surface area contributed by atoms with Gasteiger partial charge in [0.1, 0.15) is 17.9 Å². The van der Waals surface area contributed by atoms with E-state index >= 15 is 0 Å². The molecular formula is C17H27NO3. The standard InChI is InChI=1S/C17H27NO3/c1-6-16(3,4)13-8-10-14(11-9-13)21-12-17(5,18)15(19)20-7-2/h8-11H,6-7,12,18H2,1-5H3. The summed E-state index contributed by atoms with van der Waals surface area (Å²) in [5, 5.41) is 0. The average molecular weight is 293 g/mol. The highest BCUT2D eigenvalue weighted by Crippen LogP contribution is 2.28. The molecule has 1 aromatic carbocycles. The monoisotopic (exact) mass is 293 g/mol. The molecule has 0 aromatic heterocycles. The smallest absolute Gasteiger partial charge is 0.329 e. The normalized spacial score (nSPS) is 14.4. The molecule has 0 saturated heterocycles. The van der Waals surface area contributed by atoms with E-state index in [1.807, 2.05) is 12.1 Å².